The molecule has 0 unspecified atom stereocenters. The lowest BCUT2D eigenvalue weighted by Gasteiger charge is -2.37. The Balaban J connectivity index is 1.29. The van der Waals surface area contributed by atoms with E-state index < -0.39 is 0 Å². The molecule has 2 aliphatic rings. The van der Waals surface area contributed by atoms with E-state index in [1.165, 1.54) is 0 Å². The molecule has 0 saturated carbocycles. The second-order valence-corrected chi connectivity index (χ2v) is 8.06. The van der Waals surface area contributed by atoms with E-state index in [-0.39, 0.29) is 24.6 Å². The van der Waals surface area contributed by atoms with E-state index in [1.54, 1.807) is 6.07 Å². The van der Waals surface area contributed by atoms with Crippen molar-refractivity contribution in [3.8, 4) is 5.88 Å². The van der Waals surface area contributed by atoms with Crippen molar-refractivity contribution in [3.63, 3.8) is 0 Å². The van der Waals surface area contributed by atoms with Crippen LogP contribution in [0, 0.1) is 0 Å². The van der Waals surface area contributed by atoms with Crippen LogP contribution in [0.5, 0.6) is 5.88 Å². The summed E-state index contributed by atoms with van der Waals surface area (Å²) in [6.45, 7) is 9.21. The molecule has 2 aromatic rings. The van der Waals surface area contributed by atoms with Crippen molar-refractivity contribution in [2.24, 2.45) is 0 Å². The molecule has 0 radical (unpaired) electrons. The molecule has 0 aromatic carbocycles. The fraction of sp³-hybridized carbons (Fsp3) is 0.417. The van der Waals surface area contributed by atoms with Crippen LogP contribution in [0.4, 0.5) is 11.6 Å². The van der Waals surface area contributed by atoms with E-state index >= 15 is 0 Å². The third-order valence-electron chi connectivity index (χ3n) is 5.93. The van der Waals surface area contributed by atoms with Gasteiger partial charge in [-0.25, -0.2) is 4.98 Å². The van der Waals surface area contributed by atoms with Crippen molar-refractivity contribution in [3.05, 3.63) is 61.3 Å². The molecule has 4 heterocycles. The van der Waals surface area contributed by atoms with Gasteiger partial charge in [-0.2, -0.15) is 0 Å². The molecule has 2 aromatic heterocycles. The first kappa shape index (κ1) is 21.8. The van der Waals surface area contributed by atoms with Crippen molar-refractivity contribution in [1.29, 1.82) is 0 Å². The van der Waals surface area contributed by atoms with E-state index in [0.717, 1.165) is 50.7 Å². The van der Waals surface area contributed by atoms with Crippen LogP contribution >= 0.6 is 0 Å². The van der Waals surface area contributed by atoms with Gasteiger partial charge in [-0.15, -0.1) is 16.8 Å². The Morgan fingerprint density at radius 1 is 1.12 bits per heavy atom. The van der Waals surface area contributed by atoms with Gasteiger partial charge in [0, 0.05) is 50.5 Å². The minimum atomic E-state index is -0.0530. The largest absolute Gasteiger partial charge is 0.466 e. The summed E-state index contributed by atoms with van der Waals surface area (Å²) in [5, 5.41) is 8.50. The van der Waals surface area contributed by atoms with Gasteiger partial charge in [0.2, 0.25) is 5.88 Å². The lowest BCUT2D eigenvalue weighted by atomic mass is 10.0. The monoisotopic (exact) mass is 434 g/mol. The molecular weight excluding hydrogens is 404 g/mol. The van der Waals surface area contributed by atoms with Crippen LogP contribution in [0.2, 0.25) is 0 Å². The highest BCUT2D eigenvalue weighted by molar-refractivity contribution is 5.79. The number of aromatic nitrogens is 3. The van der Waals surface area contributed by atoms with Gasteiger partial charge in [0.15, 0.2) is 12.4 Å². The van der Waals surface area contributed by atoms with Gasteiger partial charge in [-0.1, -0.05) is 24.3 Å². The van der Waals surface area contributed by atoms with Crippen LogP contribution in [0.1, 0.15) is 19.8 Å². The van der Waals surface area contributed by atoms with Crippen LogP contribution in [0.15, 0.2) is 61.3 Å². The van der Waals surface area contributed by atoms with Crippen molar-refractivity contribution in [2.45, 2.75) is 31.8 Å². The average Bonchev–Trinajstić information content (AvgIpc) is 2.84. The lowest BCUT2D eigenvalue weighted by molar-refractivity contribution is -0.137. The Labute approximate surface area is 189 Å². The van der Waals surface area contributed by atoms with E-state index in [9.17, 15) is 4.79 Å². The van der Waals surface area contributed by atoms with Crippen molar-refractivity contribution in [1.82, 2.24) is 20.1 Å². The SMILES string of the molecule is C=CC[C@@H]1CC=C[C@@H](C)N1C(=O)COc1ccc(N2CCN(c3ccccn3)CC2)nn1. The van der Waals surface area contributed by atoms with Gasteiger partial charge in [0.1, 0.15) is 5.82 Å². The second kappa shape index (κ2) is 10.3. The summed E-state index contributed by atoms with van der Waals surface area (Å²) in [6, 6.07) is 9.81. The molecule has 0 aliphatic carbocycles. The van der Waals surface area contributed by atoms with Gasteiger partial charge in [0.05, 0.1) is 0 Å². The number of carbonyl (C=O) groups excluding carboxylic acids is 1. The Kier molecular flexibility index (Phi) is 6.99. The van der Waals surface area contributed by atoms with Crippen molar-refractivity contribution >= 4 is 17.5 Å². The Morgan fingerprint density at radius 2 is 1.91 bits per heavy atom. The predicted molar refractivity (Wildman–Crippen MR) is 125 cm³/mol. The number of hydrogen-bond donors (Lipinski definition) is 0. The highest BCUT2D eigenvalue weighted by Gasteiger charge is 2.28. The molecule has 4 rings (SSSR count). The maximum absolute atomic E-state index is 12.8. The van der Waals surface area contributed by atoms with Crippen LogP contribution in [-0.2, 0) is 4.79 Å². The minimum absolute atomic E-state index is 0.0445. The zero-order valence-corrected chi connectivity index (χ0v) is 18.5. The zero-order chi connectivity index (χ0) is 22.3. The van der Waals surface area contributed by atoms with Gasteiger partial charge in [-0.05, 0) is 38.0 Å². The number of ether oxygens (including phenoxy) is 1. The first-order chi connectivity index (χ1) is 15.7. The molecule has 32 heavy (non-hydrogen) atoms. The third-order valence-corrected chi connectivity index (χ3v) is 5.93. The second-order valence-electron chi connectivity index (χ2n) is 8.06. The maximum Gasteiger partial charge on any atom is 0.261 e. The van der Waals surface area contributed by atoms with Gasteiger partial charge in [0.25, 0.3) is 5.91 Å². The highest BCUT2D eigenvalue weighted by atomic mass is 16.5. The number of hydrogen-bond acceptors (Lipinski definition) is 7. The molecule has 168 valence electrons. The van der Waals surface area contributed by atoms with Gasteiger partial charge >= 0.3 is 0 Å². The topological polar surface area (TPSA) is 74.7 Å². The average molecular weight is 435 g/mol. The number of carbonyl (C=O) groups is 1. The zero-order valence-electron chi connectivity index (χ0n) is 18.5. The van der Waals surface area contributed by atoms with E-state index in [4.69, 9.17) is 4.74 Å². The standard InChI is InChI=1S/C24H30N6O2/c1-3-7-20-9-6-8-19(2)30(20)24(31)18-32-23-12-11-22(26-27-23)29-16-14-28(15-17-29)21-10-4-5-13-25-21/h3-6,8,10-13,19-20H,1,7,9,14-18H2,2H3/t19-,20-/m1/s1. The molecule has 8 nitrogen and oxygen atoms in total. The fourth-order valence-electron chi connectivity index (χ4n) is 4.28. The summed E-state index contributed by atoms with van der Waals surface area (Å²) in [4.78, 5) is 23.6. The molecule has 0 spiro atoms. The first-order valence-corrected chi connectivity index (χ1v) is 11.1. The van der Waals surface area contributed by atoms with Crippen molar-refractivity contribution < 1.29 is 9.53 Å². The molecule has 0 N–H and O–H groups in total. The molecule has 0 bridgehead atoms. The fourth-order valence-corrected chi connectivity index (χ4v) is 4.28. The summed E-state index contributed by atoms with van der Waals surface area (Å²) >= 11 is 0. The molecule has 1 amide bonds. The van der Waals surface area contributed by atoms with Crippen LogP contribution < -0.4 is 14.5 Å². The van der Waals surface area contributed by atoms with Gasteiger partial charge < -0.3 is 19.4 Å². The summed E-state index contributed by atoms with van der Waals surface area (Å²) in [6.07, 6.45) is 9.47. The van der Waals surface area contributed by atoms with Crippen LogP contribution in [0.25, 0.3) is 0 Å². The summed E-state index contributed by atoms with van der Waals surface area (Å²) in [5.41, 5.74) is 0. The summed E-state index contributed by atoms with van der Waals surface area (Å²) < 4.78 is 5.66. The molecule has 2 aliphatic heterocycles. The molecule has 1 fully saturated rings. The molecular formula is C24H30N6O2. The normalized spacial score (nSPS) is 20.8. The number of piperazine rings is 1. The smallest absolute Gasteiger partial charge is 0.261 e. The summed E-state index contributed by atoms with van der Waals surface area (Å²) in [7, 11) is 0. The summed E-state index contributed by atoms with van der Waals surface area (Å²) in [5.74, 6) is 2.12. The molecule has 1 saturated heterocycles. The Bertz CT molecular complexity index is 925. The van der Waals surface area contributed by atoms with E-state index in [1.807, 2.05) is 48.4 Å². The number of amides is 1. The van der Waals surface area contributed by atoms with Gasteiger partial charge in [-0.3, -0.25) is 4.79 Å². The molecule has 2 atom stereocenters. The number of nitrogens with zero attached hydrogens (tertiary/aromatic N) is 6. The Morgan fingerprint density at radius 3 is 2.56 bits per heavy atom. The van der Waals surface area contributed by atoms with Crippen molar-refractivity contribution in [2.75, 3.05) is 42.6 Å². The van der Waals surface area contributed by atoms with Crippen LogP contribution in [-0.4, -0.2) is 70.9 Å². The number of pyridine rings is 1. The minimum Gasteiger partial charge on any atom is -0.466 e. The van der Waals surface area contributed by atoms with E-state index in [2.05, 4.69) is 43.7 Å². The number of anilines is 2. The predicted octanol–water partition coefficient (Wildman–Crippen LogP) is 2.70. The van der Waals surface area contributed by atoms with E-state index in [0.29, 0.717) is 5.88 Å². The third kappa shape index (κ3) is 5.07. The lowest BCUT2D eigenvalue weighted by Crippen LogP contribution is -2.48. The Hall–Kier alpha value is -3.42. The number of rotatable bonds is 7. The van der Waals surface area contributed by atoms with Crippen LogP contribution in [0.3, 0.4) is 0 Å². The quantitative estimate of drug-likeness (QED) is 0.620. The highest BCUT2D eigenvalue weighted by Crippen LogP contribution is 2.21. The molecule has 8 heteroatoms. The first-order valence-electron chi connectivity index (χ1n) is 11.1. The maximum atomic E-state index is 12.8.